The Morgan fingerprint density at radius 1 is 1.03 bits per heavy atom. The second kappa shape index (κ2) is 7.89. The number of benzene rings is 2. The Balaban J connectivity index is 1.59. The largest absolute Gasteiger partial charge is 0.318 e. The molecule has 0 amide bonds. The number of nitrogens with zero attached hydrogens (tertiary/aromatic N) is 5. The molecule has 0 aliphatic carbocycles. The number of Topliss-reactive ketones (excluding diaryl/α,β-unsaturated/α-hetero) is 1. The minimum absolute atomic E-state index is 0.0292. The fraction of sp³-hybridized carbons (Fsp3) is 0.143. The number of aromatic nitrogens is 5. The zero-order chi connectivity index (χ0) is 22.2. The van der Waals surface area contributed by atoms with Gasteiger partial charge in [0.05, 0.1) is 4.90 Å². The molecule has 4 rings (SSSR count). The average molecular weight is 436 g/mol. The molecule has 2 N–H and O–H groups in total. The molecular weight excluding hydrogens is 416 g/mol. The van der Waals surface area contributed by atoms with Crippen LogP contribution in [-0.4, -0.2) is 39.0 Å². The number of carbonyl (C=O) groups is 1. The predicted molar refractivity (Wildman–Crippen MR) is 114 cm³/mol. The number of sulfonamides is 1. The Kier molecular flexibility index (Phi) is 5.25. The summed E-state index contributed by atoms with van der Waals surface area (Å²) in [6.07, 6.45) is 0. The molecule has 158 valence electrons. The van der Waals surface area contributed by atoms with Crippen molar-refractivity contribution in [3.05, 3.63) is 77.6 Å². The maximum Gasteiger partial charge on any atom is 0.238 e. The van der Waals surface area contributed by atoms with Crippen molar-refractivity contribution in [2.45, 2.75) is 25.3 Å². The molecule has 0 saturated heterocycles. The van der Waals surface area contributed by atoms with Crippen molar-refractivity contribution in [1.82, 2.24) is 24.8 Å². The number of hydrogen-bond donors (Lipinski definition) is 1. The van der Waals surface area contributed by atoms with Gasteiger partial charge in [0.15, 0.2) is 5.78 Å². The zero-order valence-corrected chi connectivity index (χ0v) is 17.7. The van der Waals surface area contributed by atoms with Crippen LogP contribution in [0.5, 0.6) is 0 Å². The van der Waals surface area contributed by atoms with Crippen molar-refractivity contribution in [3.8, 4) is 17.1 Å². The highest BCUT2D eigenvalue weighted by Gasteiger charge is 2.19. The standard InChI is InChI=1S/C21H20N6O3S/c1-14-12-19(15(2)27(14)17-8-10-18(11-9-17)31(22,29)30)20(28)13-26-24-21(23-25-26)16-6-4-3-5-7-16/h3-12H,13H2,1-2H3,(H2,22,29,30). The third kappa shape index (κ3) is 4.16. The van der Waals surface area contributed by atoms with Gasteiger partial charge in [0.25, 0.3) is 0 Å². The van der Waals surface area contributed by atoms with Crippen LogP contribution in [0.4, 0.5) is 0 Å². The van der Waals surface area contributed by atoms with E-state index in [0.717, 1.165) is 22.6 Å². The summed E-state index contributed by atoms with van der Waals surface area (Å²) < 4.78 is 24.8. The van der Waals surface area contributed by atoms with Crippen molar-refractivity contribution in [1.29, 1.82) is 0 Å². The van der Waals surface area contributed by atoms with Gasteiger partial charge in [-0.15, -0.1) is 10.2 Å². The van der Waals surface area contributed by atoms with Gasteiger partial charge in [0, 0.05) is 28.2 Å². The minimum atomic E-state index is -3.77. The molecule has 2 heterocycles. The van der Waals surface area contributed by atoms with E-state index in [1.807, 2.05) is 48.7 Å². The summed E-state index contributed by atoms with van der Waals surface area (Å²) in [6, 6.07) is 17.4. The van der Waals surface area contributed by atoms with Crippen molar-refractivity contribution >= 4 is 15.8 Å². The highest BCUT2D eigenvalue weighted by molar-refractivity contribution is 7.89. The molecule has 4 aromatic rings. The number of carbonyl (C=O) groups excluding carboxylic acids is 1. The number of primary sulfonamides is 1. The number of nitrogens with two attached hydrogens (primary N) is 1. The first kappa shape index (κ1) is 20.6. The van der Waals surface area contributed by atoms with E-state index in [-0.39, 0.29) is 17.2 Å². The van der Waals surface area contributed by atoms with Crippen LogP contribution in [0.2, 0.25) is 0 Å². The van der Waals surface area contributed by atoms with Crippen LogP contribution in [0.3, 0.4) is 0 Å². The van der Waals surface area contributed by atoms with Gasteiger partial charge in [-0.2, -0.15) is 4.80 Å². The summed E-state index contributed by atoms with van der Waals surface area (Å²) in [5, 5.41) is 17.5. The smallest absolute Gasteiger partial charge is 0.238 e. The summed E-state index contributed by atoms with van der Waals surface area (Å²) in [5.41, 5.74) is 3.65. The molecule has 10 heteroatoms. The summed E-state index contributed by atoms with van der Waals surface area (Å²) in [6.45, 7) is 3.66. The number of aryl methyl sites for hydroxylation is 1. The molecule has 0 spiro atoms. The van der Waals surface area contributed by atoms with Gasteiger partial charge < -0.3 is 4.57 Å². The lowest BCUT2D eigenvalue weighted by atomic mass is 10.1. The Morgan fingerprint density at radius 2 is 1.71 bits per heavy atom. The molecule has 31 heavy (non-hydrogen) atoms. The van der Waals surface area contributed by atoms with Gasteiger partial charge in [-0.25, -0.2) is 13.6 Å². The second-order valence-electron chi connectivity index (χ2n) is 7.09. The first-order valence-electron chi connectivity index (χ1n) is 9.42. The van der Waals surface area contributed by atoms with Crippen LogP contribution in [0.1, 0.15) is 21.7 Å². The molecule has 0 aliphatic rings. The lowest BCUT2D eigenvalue weighted by Crippen LogP contribution is -2.14. The van der Waals surface area contributed by atoms with E-state index in [1.165, 1.54) is 16.9 Å². The molecule has 2 aromatic heterocycles. The fourth-order valence-electron chi connectivity index (χ4n) is 3.45. The van der Waals surface area contributed by atoms with Crippen LogP contribution in [0.15, 0.2) is 65.6 Å². The van der Waals surface area contributed by atoms with E-state index >= 15 is 0 Å². The maximum atomic E-state index is 12.9. The van der Waals surface area contributed by atoms with Crippen molar-refractivity contribution < 1.29 is 13.2 Å². The first-order chi connectivity index (χ1) is 14.7. The topological polar surface area (TPSA) is 126 Å². The van der Waals surface area contributed by atoms with Crippen LogP contribution >= 0.6 is 0 Å². The summed E-state index contributed by atoms with van der Waals surface area (Å²) in [5.74, 6) is 0.298. The van der Waals surface area contributed by atoms with E-state index in [9.17, 15) is 13.2 Å². The lowest BCUT2D eigenvalue weighted by Gasteiger charge is -2.10. The number of tetrazole rings is 1. The second-order valence-corrected chi connectivity index (χ2v) is 8.65. The van der Waals surface area contributed by atoms with Crippen LogP contribution in [0.25, 0.3) is 17.1 Å². The predicted octanol–water partition coefficient (Wildman–Crippen LogP) is 2.28. The molecule has 0 fully saturated rings. The summed E-state index contributed by atoms with van der Waals surface area (Å²) in [4.78, 5) is 14.2. The van der Waals surface area contributed by atoms with E-state index in [2.05, 4.69) is 15.4 Å². The molecule has 0 unspecified atom stereocenters. The van der Waals surface area contributed by atoms with Crippen LogP contribution < -0.4 is 5.14 Å². The van der Waals surface area contributed by atoms with E-state index in [1.54, 1.807) is 18.2 Å². The number of ketones is 1. The molecule has 0 saturated carbocycles. The van der Waals surface area contributed by atoms with Gasteiger partial charge in [-0.05, 0) is 49.4 Å². The van der Waals surface area contributed by atoms with Gasteiger partial charge >= 0.3 is 0 Å². The third-order valence-corrected chi connectivity index (χ3v) is 5.85. The summed E-state index contributed by atoms with van der Waals surface area (Å²) >= 11 is 0. The van der Waals surface area contributed by atoms with Gasteiger partial charge in [0.1, 0.15) is 6.54 Å². The van der Waals surface area contributed by atoms with Gasteiger partial charge in [0.2, 0.25) is 15.8 Å². The van der Waals surface area contributed by atoms with Crippen molar-refractivity contribution in [3.63, 3.8) is 0 Å². The fourth-order valence-corrected chi connectivity index (χ4v) is 3.97. The molecule has 0 radical (unpaired) electrons. The Morgan fingerprint density at radius 3 is 2.35 bits per heavy atom. The molecule has 9 nitrogen and oxygen atoms in total. The van der Waals surface area contributed by atoms with Crippen molar-refractivity contribution in [2.24, 2.45) is 5.14 Å². The van der Waals surface area contributed by atoms with Crippen LogP contribution in [0, 0.1) is 13.8 Å². The highest BCUT2D eigenvalue weighted by atomic mass is 32.2. The Hall–Kier alpha value is -3.63. The Labute approximate surface area is 179 Å². The SMILES string of the molecule is Cc1cc(C(=O)Cn2nnc(-c3ccccc3)n2)c(C)n1-c1ccc(S(N)(=O)=O)cc1. The van der Waals surface area contributed by atoms with Crippen molar-refractivity contribution in [2.75, 3.05) is 0 Å². The van der Waals surface area contributed by atoms with E-state index in [0.29, 0.717) is 11.4 Å². The highest BCUT2D eigenvalue weighted by Crippen LogP contribution is 2.23. The normalized spacial score (nSPS) is 11.6. The van der Waals surface area contributed by atoms with E-state index in [4.69, 9.17) is 5.14 Å². The van der Waals surface area contributed by atoms with Gasteiger partial charge in [-0.3, -0.25) is 4.79 Å². The van der Waals surface area contributed by atoms with E-state index < -0.39 is 10.0 Å². The summed E-state index contributed by atoms with van der Waals surface area (Å²) in [7, 11) is -3.77. The number of hydrogen-bond acceptors (Lipinski definition) is 6. The monoisotopic (exact) mass is 436 g/mol. The molecule has 0 atom stereocenters. The molecule has 0 bridgehead atoms. The van der Waals surface area contributed by atoms with Crippen LogP contribution in [-0.2, 0) is 16.6 Å². The zero-order valence-electron chi connectivity index (χ0n) is 16.9. The minimum Gasteiger partial charge on any atom is -0.318 e. The molecule has 0 aliphatic heterocycles. The average Bonchev–Trinajstić information content (AvgIpc) is 3.32. The number of rotatable bonds is 6. The third-order valence-electron chi connectivity index (χ3n) is 4.92. The quantitative estimate of drug-likeness (QED) is 0.462. The lowest BCUT2D eigenvalue weighted by molar-refractivity contribution is 0.0961. The first-order valence-corrected chi connectivity index (χ1v) is 11.0. The molecular formula is C21H20N6O3S. The maximum absolute atomic E-state index is 12.9. The molecule has 2 aromatic carbocycles. The Bertz CT molecular complexity index is 1360. The van der Waals surface area contributed by atoms with Gasteiger partial charge in [-0.1, -0.05) is 30.3 Å².